The number of hydrogen-bond acceptors (Lipinski definition) is 27. The van der Waals surface area contributed by atoms with Gasteiger partial charge in [0.25, 0.3) is 0 Å². The summed E-state index contributed by atoms with van der Waals surface area (Å²) in [4.78, 5) is 0. The molecule has 0 aromatic heterocycles. The summed E-state index contributed by atoms with van der Waals surface area (Å²) in [6, 6.07) is -3.62. The zero-order chi connectivity index (χ0) is 47.9. The third-order valence-corrected chi connectivity index (χ3v) is 12.9. The first kappa shape index (κ1) is 52.8. The lowest BCUT2D eigenvalue weighted by atomic mass is 9.86. The van der Waals surface area contributed by atoms with Gasteiger partial charge < -0.3 is 130 Å². The van der Waals surface area contributed by atoms with Crippen molar-refractivity contribution in [1.82, 2.24) is 10.6 Å². The standard InChI is InChI=1S/C38H64N2O25/c1-9-17(39-13-3-11(5-41)18(45)22(49)19(13)46)21(48)29(56)37(59-9)64-33-15(7-43)61-35(27(54)24(33)51)40-14-4-12(6-42)32(23(50)20(14)47)63-31-10(2)60-38(30(57)26(31)53)65-34-16(8-44)62-36(58)28(55)25(34)52/h3-4,9-10,13-58H,5-8H2,1-2H3/t9-,10-,13+,14+,15-,16-,17-,18-,19+,20+,21+,22+,23-,24-,25-,26-,27-,28-,29-,30-,31-,32-,33-,34-,35+,36-,37-,38-/m1/s1. The molecular formula is C38H64N2O25. The van der Waals surface area contributed by atoms with Crippen molar-refractivity contribution in [3.63, 3.8) is 0 Å². The fourth-order valence-corrected chi connectivity index (χ4v) is 9.03. The first-order chi connectivity index (χ1) is 30.7. The predicted octanol–water partition coefficient (Wildman–Crippen LogP) is -11.7. The lowest BCUT2D eigenvalue weighted by Gasteiger charge is -2.49. The smallest absolute Gasteiger partial charge is 0.187 e. The third kappa shape index (κ3) is 10.6. The molecule has 28 atom stereocenters. The molecule has 6 aliphatic rings. The monoisotopic (exact) mass is 948 g/mol. The summed E-state index contributed by atoms with van der Waals surface area (Å²) >= 11 is 0. The maximum atomic E-state index is 11.3. The molecule has 4 heterocycles. The molecule has 27 heteroatoms. The van der Waals surface area contributed by atoms with Crippen molar-refractivity contribution >= 4 is 0 Å². The van der Waals surface area contributed by atoms with Gasteiger partial charge >= 0.3 is 0 Å². The highest BCUT2D eigenvalue weighted by atomic mass is 16.7. The van der Waals surface area contributed by atoms with Crippen LogP contribution in [0.15, 0.2) is 23.3 Å². The highest BCUT2D eigenvalue weighted by Gasteiger charge is 2.54. The number of ether oxygens (including phenoxy) is 7. The molecule has 6 rings (SSSR count). The Balaban J connectivity index is 1.07. The van der Waals surface area contributed by atoms with Crippen LogP contribution in [0.3, 0.4) is 0 Å². The molecule has 4 saturated heterocycles. The van der Waals surface area contributed by atoms with Crippen LogP contribution in [0.5, 0.6) is 0 Å². The lowest BCUT2D eigenvalue weighted by molar-refractivity contribution is -0.356. The molecule has 27 nitrogen and oxygen atoms in total. The first-order valence-electron chi connectivity index (χ1n) is 21.2. The van der Waals surface area contributed by atoms with Gasteiger partial charge in [0.15, 0.2) is 18.9 Å². The highest BCUT2D eigenvalue weighted by Crippen LogP contribution is 2.35. The highest BCUT2D eigenvalue weighted by molar-refractivity contribution is 5.24. The van der Waals surface area contributed by atoms with Gasteiger partial charge in [0.1, 0.15) is 122 Å². The fraction of sp³-hybridized carbons (Fsp3) is 0.895. The Hall–Kier alpha value is -1.60. The van der Waals surface area contributed by atoms with Gasteiger partial charge in [0, 0.05) is 0 Å². The zero-order valence-corrected chi connectivity index (χ0v) is 35.1. The Morgan fingerprint density at radius 1 is 0.462 bits per heavy atom. The van der Waals surface area contributed by atoms with Crippen LogP contribution in [-0.4, -0.2) is 290 Å². The molecule has 0 aromatic carbocycles. The predicted molar refractivity (Wildman–Crippen MR) is 207 cm³/mol. The molecule has 4 aliphatic heterocycles. The Kier molecular flexibility index (Phi) is 17.9. The van der Waals surface area contributed by atoms with Crippen LogP contribution in [0.2, 0.25) is 0 Å². The minimum Gasteiger partial charge on any atom is -0.394 e. The maximum Gasteiger partial charge on any atom is 0.187 e. The Morgan fingerprint density at radius 3 is 1.54 bits per heavy atom. The second kappa shape index (κ2) is 22.0. The average Bonchev–Trinajstić information content (AvgIpc) is 3.28. The van der Waals surface area contributed by atoms with E-state index in [9.17, 15) is 91.9 Å². The topological polar surface area (TPSA) is 453 Å². The molecule has 20 N–H and O–H groups in total. The van der Waals surface area contributed by atoms with Gasteiger partial charge in [-0.05, 0) is 25.0 Å². The van der Waals surface area contributed by atoms with Crippen LogP contribution >= 0.6 is 0 Å². The van der Waals surface area contributed by atoms with E-state index in [1.54, 1.807) is 0 Å². The van der Waals surface area contributed by atoms with E-state index in [2.05, 4.69) is 10.6 Å². The average molecular weight is 949 g/mol. The van der Waals surface area contributed by atoms with Crippen molar-refractivity contribution in [3.05, 3.63) is 23.3 Å². The molecule has 4 fully saturated rings. The molecule has 0 amide bonds. The minimum absolute atomic E-state index is 0.00362. The van der Waals surface area contributed by atoms with Gasteiger partial charge in [-0.1, -0.05) is 12.2 Å². The Morgan fingerprint density at radius 2 is 0.954 bits per heavy atom. The van der Waals surface area contributed by atoms with Crippen LogP contribution in [0, 0.1) is 0 Å². The fourth-order valence-electron chi connectivity index (χ4n) is 9.03. The van der Waals surface area contributed by atoms with Crippen molar-refractivity contribution in [2.45, 2.75) is 185 Å². The van der Waals surface area contributed by atoms with Crippen LogP contribution in [0.1, 0.15) is 13.8 Å². The lowest BCUT2D eigenvalue weighted by Crippen LogP contribution is -2.69. The van der Waals surface area contributed by atoms with Gasteiger partial charge in [-0.2, -0.15) is 0 Å². The van der Waals surface area contributed by atoms with E-state index in [1.165, 1.54) is 26.0 Å². The van der Waals surface area contributed by atoms with Crippen molar-refractivity contribution in [2.24, 2.45) is 0 Å². The van der Waals surface area contributed by atoms with Crippen molar-refractivity contribution in [2.75, 3.05) is 26.4 Å². The molecule has 0 unspecified atom stereocenters. The molecule has 65 heavy (non-hydrogen) atoms. The van der Waals surface area contributed by atoms with Gasteiger partial charge in [-0.15, -0.1) is 0 Å². The van der Waals surface area contributed by atoms with E-state index in [0.717, 1.165) is 0 Å². The molecule has 2 aliphatic carbocycles. The summed E-state index contributed by atoms with van der Waals surface area (Å²) in [6.45, 7) is -0.269. The molecular weight excluding hydrogens is 884 g/mol. The van der Waals surface area contributed by atoms with Crippen molar-refractivity contribution < 1.29 is 125 Å². The third-order valence-electron chi connectivity index (χ3n) is 12.9. The zero-order valence-electron chi connectivity index (χ0n) is 35.1. The number of nitrogens with one attached hydrogen (secondary N) is 2. The first-order valence-corrected chi connectivity index (χ1v) is 21.2. The maximum absolute atomic E-state index is 11.3. The minimum atomic E-state index is -1.93. The molecule has 0 saturated carbocycles. The van der Waals surface area contributed by atoms with Gasteiger partial charge in [0.05, 0.1) is 56.8 Å². The number of hydrogen-bond donors (Lipinski definition) is 20. The Bertz CT molecular complexity index is 1600. The number of aliphatic hydroxyl groups excluding tert-OH is 18. The van der Waals surface area contributed by atoms with Crippen molar-refractivity contribution in [1.29, 1.82) is 0 Å². The summed E-state index contributed by atoms with van der Waals surface area (Å²) < 4.78 is 39.6. The van der Waals surface area contributed by atoms with Crippen LogP contribution < -0.4 is 10.6 Å². The molecule has 0 bridgehead atoms. The summed E-state index contributed by atoms with van der Waals surface area (Å²) in [5.74, 6) is 0. The van der Waals surface area contributed by atoms with E-state index in [1.807, 2.05) is 0 Å². The van der Waals surface area contributed by atoms with Crippen LogP contribution in [0.25, 0.3) is 0 Å². The summed E-state index contributed by atoms with van der Waals surface area (Å²) in [5.41, 5.74) is -0.0873. The van der Waals surface area contributed by atoms with Crippen LogP contribution in [0.4, 0.5) is 0 Å². The van der Waals surface area contributed by atoms with Gasteiger partial charge in [-0.3, -0.25) is 5.32 Å². The summed E-state index contributed by atoms with van der Waals surface area (Å²) in [5, 5.41) is 196. The SMILES string of the molecule is C[C@H]1O[C@H](O[C@H]2[C@H](O)[C@@H](O)[C@@H](N[C@H]3C=C(CO)[C@@H](O[C@H]4[C@H](O)[C@@H](O)[C@@H](O[C@H]5[C@H](O)[C@@H](O)[C@H](O)O[C@@H]5CO)O[C@@H]4C)[C@H](O)[C@H]3O)O[C@@H]2CO)[C@H](O)[C@@H](O)[C@@H]1N[C@H]1C=C(CO)[C@@H](O)[C@H](O)[C@H]1O. The van der Waals surface area contributed by atoms with E-state index >= 15 is 0 Å². The molecule has 0 spiro atoms. The van der Waals surface area contributed by atoms with E-state index in [4.69, 9.17) is 33.2 Å². The number of aliphatic hydroxyl groups is 18. The molecule has 376 valence electrons. The molecule has 0 radical (unpaired) electrons. The quantitative estimate of drug-likeness (QED) is 0.0719. The molecule has 0 aromatic rings. The largest absolute Gasteiger partial charge is 0.394 e. The summed E-state index contributed by atoms with van der Waals surface area (Å²) in [7, 11) is 0. The van der Waals surface area contributed by atoms with E-state index in [-0.39, 0.29) is 11.1 Å². The Labute approximate surface area is 370 Å². The second-order valence-electron chi connectivity index (χ2n) is 17.2. The van der Waals surface area contributed by atoms with Gasteiger partial charge in [-0.25, -0.2) is 0 Å². The number of rotatable bonds is 14. The van der Waals surface area contributed by atoms with Crippen molar-refractivity contribution in [3.8, 4) is 0 Å². The van der Waals surface area contributed by atoms with E-state index < -0.39 is 198 Å². The normalized spacial score (nSPS) is 52.2. The van der Waals surface area contributed by atoms with E-state index in [0.29, 0.717) is 0 Å². The van der Waals surface area contributed by atoms with Crippen LogP contribution in [-0.2, 0) is 33.2 Å². The second-order valence-corrected chi connectivity index (χ2v) is 17.2. The summed E-state index contributed by atoms with van der Waals surface area (Å²) in [6.07, 6.45) is -39.1. The van der Waals surface area contributed by atoms with Gasteiger partial charge in [0.2, 0.25) is 0 Å².